The van der Waals surface area contributed by atoms with Crippen molar-refractivity contribution in [3.05, 3.63) is 34.3 Å². The predicted octanol–water partition coefficient (Wildman–Crippen LogP) is 4.57. The number of benzene rings is 1. The molecule has 3 heteroatoms. The fourth-order valence-corrected chi connectivity index (χ4v) is 2.77. The molecule has 2 rings (SSSR count). The van der Waals surface area contributed by atoms with Crippen LogP contribution in [0.5, 0.6) is 0 Å². The van der Waals surface area contributed by atoms with Crippen LogP contribution in [0.15, 0.2) is 28.7 Å². The molecule has 21 heavy (non-hydrogen) atoms. The second-order valence-electron chi connectivity index (χ2n) is 6.88. The smallest absolute Gasteiger partial charge is 0.0622 e. The molecule has 1 N–H and O–H groups in total. The van der Waals surface area contributed by atoms with E-state index in [9.17, 15) is 0 Å². The molecule has 0 amide bonds. The Hall–Kier alpha value is -0.380. The molecule has 1 fully saturated rings. The van der Waals surface area contributed by atoms with Crippen molar-refractivity contribution in [2.75, 3.05) is 13.7 Å². The Labute approximate surface area is 137 Å². The maximum Gasteiger partial charge on any atom is 0.0622 e. The van der Waals surface area contributed by atoms with E-state index in [1.54, 1.807) is 0 Å². The Kier molecular flexibility index (Phi) is 6.27. The molecule has 0 aliphatic heterocycles. The van der Waals surface area contributed by atoms with E-state index < -0.39 is 0 Å². The fourth-order valence-electron chi connectivity index (χ4n) is 2.50. The zero-order valence-electron chi connectivity index (χ0n) is 13.5. The minimum absolute atomic E-state index is 0.0163. The van der Waals surface area contributed by atoms with Crippen molar-refractivity contribution in [1.82, 2.24) is 5.32 Å². The minimum atomic E-state index is -0.0163. The monoisotopic (exact) mass is 353 g/mol. The van der Waals surface area contributed by atoms with Gasteiger partial charge in [0.15, 0.2) is 0 Å². The van der Waals surface area contributed by atoms with Gasteiger partial charge in [0.05, 0.1) is 5.60 Å². The third kappa shape index (κ3) is 6.50. The highest BCUT2D eigenvalue weighted by Gasteiger charge is 2.24. The molecule has 1 unspecified atom stereocenters. The van der Waals surface area contributed by atoms with E-state index in [1.165, 1.54) is 24.8 Å². The van der Waals surface area contributed by atoms with E-state index in [4.69, 9.17) is 4.74 Å². The van der Waals surface area contributed by atoms with E-state index >= 15 is 0 Å². The van der Waals surface area contributed by atoms with Crippen LogP contribution in [-0.2, 0) is 11.2 Å². The highest BCUT2D eigenvalue weighted by atomic mass is 79.9. The van der Waals surface area contributed by atoms with Crippen molar-refractivity contribution in [1.29, 1.82) is 0 Å². The average molecular weight is 354 g/mol. The van der Waals surface area contributed by atoms with Crippen molar-refractivity contribution >= 4 is 15.9 Å². The SMILES string of the molecule is COC(C)(C)CCC(CNC1CC1)Cc1ccc(Br)cc1. The van der Waals surface area contributed by atoms with Crippen molar-refractivity contribution < 1.29 is 4.74 Å². The van der Waals surface area contributed by atoms with Gasteiger partial charge in [-0.1, -0.05) is 28.1 Å². The van der Waals surface area contributed by atoms with Gasteiger partial charge in [-0.25, -0.2) is 0 Å². The van der Waals surface area contributed by atoms with Crippen LogP contribution >= 0.6 is 15.9 Å². The van der Waals surface area contributed by atoms with E-state index in [0.717, 1.165) is 29.9 Å². The second kappa shape index (κ2) is 7.75. The zero-order valence-corrected chi connectivity index (χ0v) is 15.1. The number of hydrogen-bond acceptors (Lipinski definition) is 2. The van der Waals surface area contributed by atoms with Crippen molar-refractivity contribution in [3.63, 3.8) is 0 Å². The van der Waals surface area contributed by atoms with Crippen LogP contribution in [0.3, 0.4) is 0 Å². The predicted molar refractivity (Wildman–Crippen MR) is 92.7 cm³/mol. The van der Waals surface area contributed by atoms with Gasteiger partial charge in [0.1, 0.15) is 0 Å². The summed E-state index contributed by atoms with van der Waals surface area (Å²) in [7, 11) is 1.81. The number of halogens is 1. The number of ether oxygens (including phenoxy) is 1. The van der Waals surface area contributed by atoms with Crippen LogP contribution in [0, 0.1) is 5.92 Å². The number of nitrogens with one attached hydrogen (secondary N) is 1. The summed E-state index contributed by atoms with van der Waals surface area (Å²) in [4.78, 5) is 0. The molecule has 0 radical (unpaired) electrons. The highest BCUT2D eigenvalue weighted by Crippen LogP contribution is 2.24. The minimum Gasteiger partial charge on any atom is -0.379 e. The molecule has 1 aliphatic carbocycles. The first-order chi connectivity index (χ1) is 9.98. The Morgan fingerprint density at radius 3 is 2.52 bits per heavy atom. The molecule has 1 atom stereocenters. The number of rotatable bonds is 9. The summed E-state index contributed by atoms with van der Waals surface area (Å²) >= 11 is 3.51. The average Bonchev–Trinajstić information content (AvgIpc) is 3.28. The third-order valence-corrected chi connectivity index (χ3v) is 4.95. The molecular formula is C18H28BrNO. The normalized spacial score (nSPS) is 17.0. The summed E-state index contributed by atoms with van der Waals surface area (Å²) in [5, 5.41) is 3.69. The first kappa shape index (κ1) is 17.0. The molecule has 0 bridgehead atoms. The van der Waals surface area contributed by atoms with Crippen molar-refractivity contribution in [2.45, 2.75) is 57.6 Å². The van der Waals surface area contributed by atoms with E-state index in [1.807, 2.05) is 7.11 Å². The molecule has 2 nitrogen and oxygen atoms in total. The van der Waals surface area contributed by atoms with Gasteiger partial charge in [-0.15, -0.1) is 0 Å². The van der Waals surface area contributed by atoms with Crippen LogP contribution in [0.4, 0.5) is 0 Å². The molecule has 118 valence electrons. The molecule has 0 spiro atoms. The Balaban J connectivity index is 1.88. The van der Waals surface area contributed by atoms with Crippen LogP contribution in [0.1, 0.15) is 45.1 Å². The summed E-state index contributed by atoms with van der Waals surface area (Å²) in [6, 6.07) is 9.53. The molecular weight excluding hydrogens is 326 g/mol. The molecule has 1 aromatic carbocycles. The lowest BCUT2D eigenvalue weighted by Crippen LogP contribution is -2.29. The van der Waals surface area contributed by atoms with Crippen LogP contribution in [0.25, 0.3) is 0 Å². The molecule has 0 aromatic heterocycles. The fraction of sp³-hybridized carbons (Fsp3) is 0.667. The molecule has 0 heterocycles. The largest absolute Gasteiger partial charge is 0.379 e. The molecule has 0 saturated heterocycles. The Morgan fingerprint density at radius 2 is 1.95 bits per heavy atom. The molecule has 1 saturated carbocycles. The summed E-state index contributed by atoms with van der Waals surface area (Å²) in [6.07, 6.45) is 6.17. The van der Waals surface area contributed by atoms with Gasteiger partial charge in [-0.2, -0.15) is 0 Å². The van der Waals surface area contributed by atoms with E-state index in [-0.39, 0.29) is 5.60 Å². The third-order valence-electron chi connectivity index (χ3n) is 4.42. The van der Waals surface area contributed by atoms with Gasteiger partial charge in [-0.05, 0) is 76.1 Å². The first-order valence-corrected chi connectivity index (χ1v) is 8.81. The summed E-state index contributed by atoms with van der Waals surface area (Å²) in [6.45, 7) is 5.48. The molecule has 1 aliphatic rings. The quantitative estimate of drug-likeness (QED) is 0.702. The van der Waals surface area contributed by atoms with Gasteiger partial charge in [0, 0.05) is 17.6 Å². The number of hydrogen-bond donors (Lipinski definition) is 1. The van der Waals surface area contributed by atoms with E-state index in [0.29, 0.717) is 5.92 Å². The number of methoxy groups -OCH3 is 1. The highest BCUT2D eigenvalue weighted by molar-refractivity contribution is 9.10. The summed E-state index contributed by atoms with van der Waals surface area (Å²) in [5.74, 6) is 0.682. The van der Waals surface area contributed by atoms with E-state index in [2.05, 4.69) is 59.4 Å². The second-order valence-corrected chi connectivity index (χ2v) is 7.80. The topological polar surface area (TPSA) is 21.3 Å². The lowest BCUT2D eigenvalue weighted by atomic mass is 9.90. The van der Waals surface area contributed by atoms with Crippen molar-refractivity contribution in [3.8, 4) is 0 Å². The zero-order chi connectivity index (χ0) is 15.3. The standard InChI is InChI=1S/C18H28BrNO/c1-18(2,21-3)11-10-15(13-20-17-8-9-17)12-14-4-6-16(19)7-5-14/h4-7,15,17,20H,8-13H2,1-3H3. The summed E-state index contributed by atoms with van der Waals surface area (Å²) in [5.41, 5.74) is 1.41. The first-order valence-electron chi connectivity index (χ1n) is 8.01. The van der Waals surface area contributed by atoms with Gasteiger partial charge in [0.2, 0.25) is 0 Å². The van der Waals surface area contributed by atoms with Crippen molar-refractivity contribution in [2.24, 2.45) is 5.92 Å². The van der Waals surface area contributed by atoms with Crippen LogP contribution in [0.2, 0.25) is 0 Å². The van der Waals surface area contributed by atoms with Crippen LogP contribution in [-0.4, -0.2) is 25.3 Å². The maximum atomic E-state index is 5.57. The van der Waals surface area contributed by atoms with Crippen LogP contribution < -0.4 is 5.32 Å². The van der Waals surface area contributed by atoms with Gasteiger partial charge >= 0.3 is 0 Å². The van der Waals surface area contributed by atoms with Gasteiger partial charge < -0.3 is 10.1 Å². The van der Waals surface area contributed by atoms with Gasteiger partial charge in [-0.3, -0.25) is 0 Å². The Morgan fingerprint density at radius 1 is 1.29 bits per heavy atom. The maximum absolute atomic E-state index is 5.57. The lowest BCUT2D eigenvalue weighted by molar-refractivity contribution is 0.0103. The lowest BCUT2D eigenvalue weighted by Gasteiger charge is -2.26. The van der Waals surface area contributed by atoms with Gasteiger partial charge in [0.25, 0.3) is 0 Å². The summed E-state index contributed by atoms with van der Waals surface area (Å²) < 4.78 is 6.72. The Bertz CT molecular complexity index is 425. The molecule has 1 aromatic rings.